The summed E-state index contributed by atoms with van der Waals surface area (Å²) in [5, 5.41) is 12.3. The minimum atomic E-state index is -0.477. The molecule has 0 aliphatic rings. The van der Waals surface area contributed by atoms with Crippen LogP contribution in [0.5, 0.6) is 5.75 Å². The topological polar surface area (TPSA) is 58.6 Å². The summed E-state index contributed by atoms with van der Waals surface area (Å²) in [6.07, 6.45) is 0.312. The van der Waals surface area contributed by atoms with Gasteiger partial charge in [-0.3, -0.25) is 0 Å². The summed E-state index contributed by atoms with van der Waals surface area (Å²) in [6.45, 7) is 9.82. The molecular formula is C15H23NO3. The molecule has 1 rings (SSSR count). The van der Waals surface area contributed by atoms with E-state index in [2.05, 4.69) is 5.32 Å². The molecule has 1 aromatic rings. The smallest absolute Gasteiger partial charge is 0.407 e. The number of phenolic OH excluding ortho intramolecular Hbond substituents is 1. The summed E-state index contributed by atoms with van der Waals surface area (Å²) in [6, 6.07) is 3.69. The first-order valence-electron chi connectivity index (χ1n) is 6.45. The van der Waals surface area contributed by atoms with Crippen LogP contribution >= 0.6 is 0 Å². The number of amides is 1. The van der Waals surface area contributed by atoms with Gasteiger partial charge in [0, 0.05) is 6.54 Å². The molecule has 0 aliphatic carbocycles. The number of nitrogens with one attached hydrogen (secondary N) is 1. The lowest BCUT2D eigenvalue weighted by Crippen LogP contribution is -2.33. The number of aryl methyl sites for hydroxylation is 2. The number of phenols is 1. The van der Waals surface area contributed by atoms with E-state index in [4.69, 9.17) is 4.74 Å². The summed E-state index contributed by atoms with van der Waals surface area (Å²) in [5.74, 6) is 0.307. The summed E-state index contributed by atoms with van der Waals surface area (Å²) < 4.78 is 5.16. The van der Waals surface area contributed by atoms with Crippen molar-refractivity contribution in [2.24, 2.45) is 0 Å². The Labute approximate surface area is 114 Å². The van der Waals surface area contributed by atoms with Crippen molar-refractivity contribution in [1.29, 1.82) is 0 Å². The van der Waals surface area contributed by atoms with Crippen LogP contribution in [0.4, 0.5) is 4.79 Å². The number of ether oxygens (including phenoxy) is 1. The van der Waals surface area contributed by atoms with E-state index in [1.54, 1.807) is 6.07 Å². The maximum atomic E-state index is 11.5. The Morgan fingerprint density at radius 3 is 2.47 bits per heavy atom. The van der Waals surface area contributed by atoms with Crippen LogP contribution in [0, 0.1) is 13.8 Å². The third-order valence-electron chi connectivity index (χ3n) is 2.72. The number of hydrogen-bond donors (Lipinski definition) is 2. The molecule has 0 radical (unpaired) electrons. The molecule has 1 amide bonds. The minimum Gasteiger partial charge on any atom is -0.508 e. The molecule has 0 saturated heterocycles. The third-order valence-corrected chi connectivity index (χ3v) is 2.72. The molecule has 0 bridgehead atoms. The number of carbonyl (C=O) groups excluding carboxylic acids is 1. The Kier molecular flexibility index (Phi) is 4.81. The van der Waals surface area contributed by atoms with Gasteiger partial charge in [0.1, 0.15) is 11.4 Å². The standard InChI is InChI=1S/C15H23NO3/c1-10-9-13(17)11(2)8-12(10)6-7-16-14(18)19-15(3,4)5/h8-9,17H,6-7H2,1-5H3,(H,16,18). The molecule has 0 fully saturated rings. The third kappa shape index (κ3) is 5.20. The number of rotatable bonds is 3. The van der Waals surface area contributed by atoms with Crippen LogP contribution in [-0.2, 0) is 11.2 Å². The molecule has 1 aromatic carbocycles. The summed E-state index contributed by atoms with van der Waals surface area (Å²) in [7, 11) is 0. The Morgan fingerprint density at radius 1 is 1.26 bits per heavy atom. The molecule has 0 spiro atoms. The Balaban J connectivity index is 2.50. The van der Waals surface area contributed by atoms with Crippen LogP contribution < -0.4 is 5.32 Å². The lowest BCUT2D eigenvalue weighted by atomic mass is 10.0. The van der Waals surface area contributed by atoms with E-state index >= 15 is 0 Å². The molecule has 0 atom stereocenters. The van der Waals surface area contributed by atoms with Crippen molar-refractivity contribution >= 4 is 6.09 Å². The first kappa shape index (κ1) is 15.3. The van der Waals surface area contributed by atoms with Gasteiger partial charge >= 0.3 is 6.09 Å². The largest absolute Gasteiger partial charge is 0.508 e. The van der Waals surface area contributed by atoms with Gasteiger partial charge in [-0.1, -0.05) is 6.07 Å². The fourth-order valence-electron chi connectivity index (χ4n) is 1.74. The van der Waals surface area contributed by atoms with E-state index in [0.717, 1.165) is 16.7 Å². The van der Waals surface area contributed by atoms with Crippen molar-refractivity contribution in [2.45, 2.75) is 46.6 Å². The van der Waals surface area contributed by atoms with Gasteiger partial charge in [0.25, 0.3) is 0 Å². The van der Waals surface area contributed by atoms with Gasteiger partial charge in [0.05, 0.1) is 0 Å². The highest BCUT2D eigenvalue weighted by Gasteiger charge is 2.15. The lowest BCUT2D eigenvalue weighted by Gasteiger charge is -2.19. The van der Waals surface area contributed by atoms with Crippen LogP contribution in [0.1, 0.15) is 37.5 Å². The van der Waals surface area contributed by atoms with Gasteiger partial charge in [0.15, 0.2) is 0 Å². The van der Waals surface area contributed by atoms with Gasteiger partial charge < -0.3 is 15.2 Å². The van der Waals surface area contributed by atoms with Crippen LogP contribution in [0.15, 0.2) is 12.1 Å². The molecular weight excluding hydrogens is 242 g/mol. The zero-order valence-corrected chi connectivity index (χ0v) is 12.3. The van der Waals surface area contributed by atoms with E-state index < -0.39 is 11.7 Å². The van der Waals surface area contributed by atoms with Crippen molar-refractivity contribution in [2.75, 3.05) is 6.54 Å². The monoisotopic (exact) mass is 265 g/mol. The molecule has 2 N–H and O–H groups in total. The summed E-state index contributed by atoms with van der Waals surface area (Å²) in [5.41, 5.74) is 2.51. The maximum absolute atomic E-state index is 11.5. The predicted molar refractivity (Wildman–Crippen MR) is 75.5 cm³/mol. The zero-order valence-electron chi connectivity index (χ0n) is 12.3. The Morgan fingerprint density at radius 2 is 1.89 bits per heavy atom. The number of alkyl carbamates (subject to hydrolysis) is 1. The van der Waals surface area contributed by atoms with Crippen molar-refractivity contribution in [3.63, 3.8) is 0 Å². The summed E-state index contributed by atoms with van der Waals surface area (Å²) in [4.78, 5) is 11.5. The quantitative estimate of drug-likeness (QED) is 0.883. The number of carbonyl (C=O) groups is 1. The molecule has 4 heteroatoms. The molecule has 0 heterocycles. The highest BCUT2D eigenvalue weighted by Crippen LogP contribution is 2.21. The van der Waals surface area contributed by atoms with E-state index in [-0.39, 0.29) is 0 Å². The van der Waals surface area contributed by atoms with E-state index in [1.165, 1.54) is 0 Å². The maximum Gasteiger partial charge on any atom is 0.407 e. The van der Waals surface area contributed by atoms with E-state index in [0.29, 0.717) is 18.7 Å². The number of hydrogen-bond acceptors (Lipinski definition) is 3. The molecule has 0 aliphatic heterocycles. The fraction of sp³-hybridized carbons (Fsp3) is 0.533. The summed E-state index contributed by atoms with van der Waals surface area (Å²) >= 11 is 0. The molecule has 19 heavy (non-hydrogen) atoms. The normalized spacial score (nSPS) is 11.2. The Hall–Kier alpha value is -1.71. The number of aromatic hydroxyl groups is 1. The van der Waals surface area contributed by atoms with Crippen molar-refractivity contribution in [3.8, 4) is 5.75 Å². The van der Waals surface area contributed by atoms with Gasteiger partial charge in [-0.2, -0.15) is 0 Å². The van der Waals surface area contributed by atoms with Crippen molar-refractivity contribution in [1.82, 2.24) is 5.32 Å². The van der Waals surface area contributed by atoms with Gasteiger partial charge in [0.2, 0.25) is 0 Å². The van der Waals surface area contributed by atoms with Gasteiger partial charge in [-0.15, -0.1) is 0 Å². The average molecular weight is 265 g/mol. The second-order valence-corrected chi connectivity index (χ2v) is 5.74. The second-order valence-electron chi connectivity index (χ2n) is 5.74. The Bertz CT molecular complexity index is 461. The van der Waals surface area contributed by atoms with Gasteiger partial charge in [-0.05, 0) is 63.8 Å². The minimum absolute atomic E-state index is 0.307. The van der Waals surface area contributed by atoms with Crippen LogP contribution in [0.2, 0.25) is 0 Å². The lowest BCUT2D eigenvalue weighted by molar-refractivity contribution is 0.0528. The van der Waals surface area contributed by atoms with Crippen molar-refractivity contribution in [3.05, 3.63) is 28.8 Å². The highest BCUT2D eigenvalue weighted by atomic mass is 16.6. The molecule has 0 saturated carbocycles. The second kappa shape index (κ2) is 5.95. The zero-order chi connectivity index (χ0) is 14.6. The van der Waals surface area contributed by atoms with E-state index in [1.807, 2.05) is 40.7 Å². The van der Waals surface area contributed by atoms with Crippen LogP contribution in [-0.4, -0.2) is 23.3 Å². The van der Waals surface area contributed by atoms with Crippen LogP contribution in [0.3, 0.4) is 0 Å². The first-order valence-corrected chi connectivity index (χ1v) is 6.45. The average Bonchev–Trinajstić information content (AvgIpc) is 2.22. The first-order chi connectivity index (χ1) is 8.69. The van der Waals surface area contributed by atoms with Crippen molar-refractivity contribution < 1.29 is 14.6 Å². The molecule has 0 aromatic heterocycles. The highest BCUT2D eigenvalue weighted by molar-refractivity contribution is 5.67. The molecule has 106 valence electrons. The number of benzene rings is 1. The fourth-order valence-corrected chi connectivity index (χ4v) is 1.74. The SMILES string of the molecule is Cc1cc(CCNC(=O)OC(C)(C)C)c(C)cc1O. The predicted octanol–water partition coefficient (Wildman–Crippen LogP) is 3.08. The van der Waals surface area contributed by atoms with E-state index in [9.17, 15) is 9.90 Å². The van der Waals surface area contributed by atoms with Gasteiger partial charge in [-0.25, -0.2) is 4.79 Å². The molecule has 0 unspecified atom stereocenters. The van der Waals surface area contributed by atoms with Crippen LogP contribution in [0.25, 0.3) is 0 Å². The molecule has 4 nitrogen and oxygen atoms in total.